The van der Waals surface area contributed by atoms with Crippen LogP contribution in [0, 0.1) is 11.3 Å². The van der Waals surface area contributed by atoms with Crippen molar-refractivity contribution < 1.29 is 9.84 Å². The topological polar surface area (TPSA) is 65.3 Å². The molecule has 0 saturated heterocycles. The fourth-order valence-corrected chi connectivity index (χ4v) is 1.63. The largest absolute Gasteiger partial charge is 0.491 e. The second-order valence-electron chi connectivity index (χ2n) is 4.78. The van der Waals surface area contributed by atoms with Crippen molar-refractivity contribution in [3.05, 3.63) is 29.8 Å². The second-order valence-corrected chi connectivity index (χ2v) is 4.78. The Labute approximate surface area is 115 Å². The average molecular weight is 262 g/mol. The van der Waals surface area contributed by atoms with Crippen molar-refractivity contribution in [3.63, 3.8) is 0 Å². The summed E-state index contributed by atoms with van der Waals surface area (Å²) < 4.78 is 5.64. The first-order valence-corrected chi connectivity index (χ1v) is 6.62. The zero-order valence-electron chi connectivity index (χ0n) is 11.6. The van der Waals surface area contributed by atoms with Gasteiger partial charge in [-0.3, -0.25) is 5.32 Å². The van der Waals surface area contributed by atoms with Crippen LogP contribution in [-0.2, 0) is 6.42 Å². The van der Waals surface area contributed by atoms with E-state index >= 15 is 0 Å². The molecule has 0 bridgehead atoms. The summed E-state index contributed by atoms with van der Waals surface area (Å²) in [4.78, 5) is 0. The van der Waals surface area contributed by atoms with Gasteiger partial charge >= 0.3 is 0 Å². The van der Waals surface area contributed by atoms with Crippen LogP contribution in [0.4, 0.5) is 0 Å². The van der Waals surface area contributed by atoms with Gasteiger partial charge in [-0.15, -0.1) is 0 Å². The van der Waals surface area contributed by atoms with Crippen molar-refractivity contribution in [2.45, 2.75) is 32.2 Å². The van der Waals surface area contributed by atoms with Gasteiger partial charge in [-0.05, 0) is 44.0 Å². The molecule has 1 unspecified atom stereocenters. The molecule has 0 radical (unpaired) electrons. The van der Waals surface area contributed by atoms with Gasteiger partial charge in [-0.1, -0.05) is 19.1 Å². The maximum atomic E-state index is 9.18. The Morgan fingerprint density at radius 1 is 1.37 bits per heavy atom. The van der Waals surface area contributed by atoms with Crippen molar-refractivity contribution in [1.29, 1.82) is 5.26 Å². The summed E-state index contributed by atoms with van der Waals surface area (Å²) in [7, 11) is 0. The van der Waals surface area contributed by atoms with Crippen LogP contribution in [-0.4, -0.2) is 30.4 Å². The third-order valence-electron chi connectivity index (χ3n) is 2.86. The predicted molar refractivity (Wildman–Crippen MR) is 75.0 cm³/mol. The Balaban J connectivity index is 2.52. The number of hydrogen-bond donors (Lipinski definition) is 2. The highest BCUT2D eigenvalue weighted by molar-refractivity contribution is 5.27. The van der Waals surface area contributed by atoms with E-state index < -0.39 is 5.54 Å². The lowest BCUT2D eigenvalue weighted by Crippen LogP contribution is -2.46. The Morgan fingerprint density at radius 2 is 2.05 bits per heavy atom. The lowest BCUT2D eigenvalue weighted by molar-refractivity contribution is 0.234. The van der Waals surface area contributed by atoms with E-state index in [1.165, 1.54) is 0 Å². The maximum Gasteiger partial charge on any atom is 0.138 e. The van der Waals surface area contributed by atoms with Crippen LogP contribution in [0.3, 0.4) is 0 Å². The predicted octanol–water partition coefficient (Wildman–Crippen LogP) is 1.88. The molecular weight excluding hydrogens is 240 g/mol. The normalized spacial score (nSPS) is 13.6. The minimum absolute atomic E-state index is 0.146. The fourth-order valence-electron chi connectivity index (χ4n) is 1.63. The number of rotatable bonds is 8. The summed E-state index contributed by atoms with van der Waals surface area (Å²) >= 11 is 0. The quantitative estimate of drug-likeness (QED) is 0.751. The third kappa shape index (κ3) is 5.29. The van der Waals surface area contributed by atoms with Crippen molar-refractivity contribution in [1.82, 2.24) is 5.32 Å². The van der Waals surface area contributed by atoms with E-state index in [1.54, 1.807) is 0 Å². The van der Waals surface area contributed by atoms with Gasteiger partial charge in [0.2, 0.25) is 0 Å². The Bertz CT molecular complexity index is 411. The molecule has 0 spiro atoms. The summed E-state index contributed by atoms with van der Waals surface area (Å²) in [6, 6.07) is 9.82. The molecule has 1 rings (SSSR count). The minimum Gasteiger partial charge on any atom is -0.491 e. The zero-order chi connectivity index (χ0) is 14.1. The van der Waals surface area contributed by atoms with Crippen LogP contribution in [0.15, 0.2) is 24.3 Å². The van der Waals surface area contributed by atoms with Gasteiger partial charge < -0.3 is 9.84 Å². The summed E-state index contributed by atoms with van der Waals surface area (Å²) in [5.74, 6) is 0.737. The number of nitrogens with one attached hydrogen (secondary N) is 1. The van der Waals surface area contributed by atoms with Gasteiger partial charge in [-0.25, -0.2) is 0 Å². The second kappa shape index (κ2) is 7.78. The number of aliphatic hydroxyl groups excluding tert-OH is 1. The van der Waals surface area contributed by atoms with Crippen LogP contribution < -0.4 is 10.1 Å². The van der Waals surface area contributed by atoms with Gasteiger partial charge in [-0.2, -0.15) is 5.26 Å². The number of aliphatic hydroxyl groups is 1. The molecular formula is C15H22N2O2. The first-order valence-electron chi connectivity index (χ1n) is 6.62. The van der Waals surface area contributed by atoms with Crippen molar-refractivity contribution in [2.24, 2.45) is 0 Å². The van der Waals surface area contributed by atoms with Crippen molar-refractivity contribution >= 4 is 0 Å². The third-order valence-corrected chi connectivity index (χ3v) is 2.86. The van der Waals surface area contributed by atoms with Gasteiger partial charge in [0.15, 0.2) is 0 Å². The molecule has 0 fully saturated rings. The summed E-state index contributed by atoms with van der Waals surface area (Å²) in [6.45, 7) is 5.15. The van der Waals surface area contributed by atoms with Gasteiger partial charge in [0.25, 0.3) is 0 Å². The number of hydrogen-bond acceptors (Lipinski definition) is 4. The SMILES string of the molecule is CCCNC(C)(C#N)COc1ccc(CCO)cc1. The molecule has 0 aliphatic heterocycles. The molecule has 4 heteroatoms. The zero-order valence-corrected chi connectivity index (χ0v) is 11.6. The highest BCUT2D eigenvalue weighted by atomic mass is 16.5. The minimum atomic E-state index is -0.667. The Morgan fingerprint density at radius 3 is 2.58 bits per heavy atom. The van der Waals surface area contributed by atoms with Crippen molar-refractivity contribution in [3.8, 4) is 11.8 Å². The maximum absolute atomic E-state index is 9.18. The molecule has 104 valence electrons. The van der Waals surface area contributed by atoms with Crippen LogP contribution in [0.2, 0.25) is 0 Å². The fraction of sp³-hybridized carbons (Fsp3) is 0.533. The monoisotopic (exact) mass is 262 g/mol. The van der Waals surface area contributed by atoms with Crippen LogP contribution in [0.1, 0.15) is 25.8 Å². The molecule has 4 nitrogen and oxygen atoms in total. The molecule has 2 N–H and O–H groups in total. The molecule has 0 amide bonds. The summed E-state index contributed by atoms with van der Waals surface area (Å²) in [5, 5.41) is 21.2. The highest BCUT2D eigenvalue weighted by Crippen LogP contribution is 2.14. The number of benzene rings is 1. The molecule has 0 aliphatic rings. The highest BCUT2D eigenvalue weighted by Gasteiger charge is 2.23. The average Bonchev–Trinajstić information content (AvgIpc) is 2.45. The first kappa shape index (κ1) is 15.5. The molecule has 0 aromatic heterocycles. The molecule has 1 atom stereocenters. The van der Waals surface area contributed by atoms with E-state index in [2.05, 4.69) is 18.3 Å². The molecule has 19 heavy (non-hydrogen) atoms. The smallest absolute Gasteiger partial charge is 0.138 e. The number of nitrogens with zero attached hydrogens (tertiary/aromatic N) is 1. The van der Waals surface area contributed by atoms with Crippen molar-refractivity contribution in [2.75, 3.05) is 19.8 Å². The van der Waals surface area contributed by atoms with E-state index in [0.717, 1.165) is 24.3 Å². The van der Waals surface area contributed by atoms with E-state index in [0.29, 0.717) is 13.0 Å². The number of nitriles is 1. The van der Waals surface area contributed by atoms with Gasteiger partial charge in [0.05, 0.1) is 6.07 Å². The molecule has 0 aliphatic carbocycles. The standard InChI is InChI=1S/C15H22N2O2/c1-3-9-17-15(2,11-16)12-19-14-6-4-13(5-7-14)8-10-18/h4-7,17-18H,3,8-10,12H2,1-2H3. The Hall–Kier alpha value is -1.57. The summed E-state index contributed by atoms with van der Waals surface area (Å²) in [5.41, 5.74) is 0.404. The van der Waals surface area contributed by atoms with E-state index in [4.69, 9.17) is 9.84 Å². The lowest BCUT2D eigenvalue weighted by Gasteiger charge is -2.23. The molecule has 1 aromatic rings. The Kier molecular flexibility index (Phi) is 6.34. The molecule has 0 heterocycles. The first-order chi connectivity index (χ1) is 9.13. The van der Waals surface area contributed by atoms with Gasteiger partial charge in [0, 0.05) is 6.61 Å². The van der Waals surface area contributed by atoms with Gasteiger partial charge in [0.1, 0.15) is 17.9 Å². The van der Waals surface area contributed by atoms with E-state index in [9.17, 15) is 5.26 Å². The molecule has 0 saturated carbocycles. The van der Waals surface area contributed by atoms with Crippen LogP contribution >= 0.6 is 0 Å². The lowest BCUT2D eigenvalue weighted by atomic mass is 10.1. The number of ether oxygens (including phenoxy) is 1. The summed E-state index contributed by atoms with van der Waals surface area (Å²) in [6.07, 6.45) is 1.63. The molecule has 1 aromatic carbocycles. The van der Waals surface area contributed by atoms with Crippen LogP contribution in [0.5, 0.6) is 5.75 Å². The van der Waals surface area contributed by atoms with E-state index in [-0.39, 0.29) is 6.61 Å². The van der Waals surface area contributed by atoms with Crippen LogP contribution in [0.25, 0.3) is 0 Å². The van der Waals surface area contributed by atoms with E-state index in [1.807, 2.05) is 31.2 Å².